The zero-order valence-corrected chi connectivity index (χ0v) is 13.0. The van der Waals surface area contributed by atoms with Gasteiger partial charge in [-0.25, -0.2) is 0 Å². The summed E-state index contributed by atoms with van der Waals surface area (Å²) < 4.78 is 0. The molecule has 1 fully saturated rings. The Kier molecular flexibility index (Phi) is 5.22. The maximum atomic E-state index is 12.2. The number of para-hydroxylation sites is 1. The van der Waals surface area contributed by atoms with Crippen LogP contribution in [0.5, 0.6) is 0 Å². The lowest BCUT2D eigenvalue weighted by Crippen LogP contribution is -2.15. The van der Waals surface area contributed by atoms with Gasteiger partial charge >= 0.3 is 0 Å². The minimum absolute atomic E-state index is 0.174. The average molecular weight is 273 g/mol. The third-order valence-corrected chi connectivity index (χ3v) is 4.45. The van der Waals surface area contributed by atoms with E-state index in [1.165, 1.54) is 31.2 Å². The predicted octanol–water partition coefficient (Wildman–Crippen LogP) is 5.03. The van der Waals surface area contributed by atoms with Crippen molar-refractivity contribution in [3.05, 3.63) is 29.3 Å². The van der Waals surface area contributed by atoms with Crippen LogP contribution in [0.1, 0.15) is 69.4 Å². The van der Waals surface area contributed by atoms with Gasteiger partial charge < -0.3 is 5.32 Å². The molecule has 1 aromatic carbocycles. The smallest absolute Gasteiger partial charge is 0.224 e. The van der Waals surface area contributed by atoms with Crippen molar-refractivity contribution in [1.29, 1.82) is 0 Å². The van der Waals surface area contributed by atoms with E-state index in [0.29, 0.717) is 12.3 Å². The van der Waals surface area contributed by atoms with Gasteiger partial charge in [-0.3, -0.25) is 4.79 Å². The van der Waals surface area contributed by atoms with Gasteiger partial charge in [-0.1, -0.05) is 57.7 Å². The van der Waals surface area contributed by atoms with Gasteiger partial charge in [0.15, 0.2) is 0 Å². The van der Waals surface area contributed by atoms with Crippen LogP contribution in [0.2, 0.25) is 0 Å². The van der Waals surface area contributed by atoms with Gasteiger partial charge in [-0.15, -0.1) is 0 Å². The second-order valence-corrected chi connectivity index (χ2v) is 6.43. The first-order chi connectivity index (χ1) is 9.58. The molecule has 1 amide bonds. The summed E-state index contributed by atoms with van der Waals surface area (Å²) in [6.07, 6.45) is 7.04. The number of anilines is 1. The van der Waals surface area contributed by atoms with E-state index in [9.17, 15) is 4.79 Å². The normalized spacial score (nSPS) is 15.8. The van der Waals surface area contributed by atoms with Crippen molar-refractivity contribution in [1.82, 2.24) is 0 Å². The molecule has 0 spiro atoms. The molecule has 1 aliphatic carbocycles. The fourth-order valence-corrected chi connectivity index (χ4v) is 3.18. The second-order valence-electron chi connectivity index (χ2n) is 6.43. The van der Waals surface area contributed by atoms with Crippen molar-refractivity contribution in [2.45, 2.75) is 65.2 Å². The minimum Gasteiger partial charge on any atom is -0.326 e. The molecule has 2 nitrogen and oxygen atoms in total. The molecular formula is C18H27NO. The van der Waals surface area contributed by atoms with E-state index < -0.39 is 0 Å². The van der Waals surface area contributed by atoms with Crippen LogP contribution in [-0.4, -0.2) is 5.91 Å². The van der Waals surface area contributed by atoms with Gasteiger partial charge in [0, 0.05) is 12.1 Å². The fourth-order valence-electron chi connectivity index (χ4n) is 3.18. The molecule has 0 heterocycles. The number of nitrogens with one attached hydrogen (secondary N) is 1. The molecule has 1 saturated carbocycles. The maximum absolute atomic E-state index is 12.2. The topological polar surface area (TPSA) is 29.1 Å². The molecule has 0 saturated heterocycles. The predicted molar refractivity (Wildman–Crippen MR) is 85.1 cm³/mol. The van der Waals surface area contributed by atoms with Crippen molar-refractivity contribution < 1.29 is 4.79 Å². The highest BCUT2D eigenvalue weighted by molar-refractivity contribution is 5.92. The number of hydrogen-bond donors (Lipinski definition) is 1. The number of amides is 1. The van der Waals surface area contributed by atoms with Gasteiger partial charge in [0.25, 0.3) is 0 Å². The van der Waals surface area contributed by atoms with E-state index in [0.717, 1.165) is 23.6 Å². The summed E-state index contributed by atoms with van der Waals surface area (Å²) in [4.78, 5) is 12.2. The van der Waals surface area contributed by atoms with Crippen LogP contribution in [0.3, 0.4) is 0 Å². The highest BCUT2D eigenvalue weighted by Crippen LogP contribution is 2.30. The largest absolute Gasteiger partial charge is 0.326 e. The van der Waals surface area contributed by atoms with E-state index in [1.807, 2.05) is 0 Å². The fraction of sp³-hybridized carbons (Fsp3) is 0.611. The Labute approximate surface area is 123 Å². The van der Waals surface area contributed by atoms with Gasteiger partial charge in [-0.05, 0) is 36.3 Å². The summed E-state index contributed by atoms with van der Waals surface area (Å²) in [6.45, 7) is 6.41. The maximum Gasteiger partial charge on any atom is 0.224 e. The van der Waals surface area contributed by atoms with E-state index in [4.69, 9.17) is 0 Å². The number of hydrogen-bond acceptors (Lipinski definition) is 1. The molecule has 2 heteroatoms. The SMILES string of the molecule is Cc1cccc(C(C)C)c1NC(=O)CCC1CCCC1. The van der Waals surface area contributed by atoms with Crippen LogP contribution >= 0.6 is 0 Å². The van der Waals surface area contributed by atoms with Crippen LogP contribution in [-0.2, 0) is 4.79 Å². The van der Waals surface area contributed by atoms with E-state index >= 15 is 0 Å². The Morgan fingerprint density at radius 1 is 1.30 bits per heavy atom. The van der Waals surface area contributed by atoms with E-state index in [1.54, 1.807) is 0 Å². The molecule has 0 aromatic heterocycles. The first-order valence-corrected chi connectivity index (χ1v) is 7.97. The summed E-state index contributed by atoms with van der Waals surface area (Å²) in [7, 11) is 0. The molecule has 1 aliphatic rings. The number of aryl methyl sites for hydroxylation is 1. The number of carbonyl (C=O) groups is 1. The number of rotatable bonds is 5. The molecule has 0 aliphatic heterocycles. The lowest BCUT2D eigenvalue weighted by molar-refractivity contribution is -0.116. The molecule has 0 unspecified atom stereocenters. The molecule has 20 heavy (non-hydrogen) atoms. The molecule has 1 N–H and O–H groups in total. The molecule has 1 aromatic rings. The van der Waals surface area contributed by atoms with Crippen LogP contribution in [0, 0.1) is 12.8 Å². The zero-order valence-electron chi connectivity index (χ0n) is 13.0. The Morgan fingerprint density at radius 3 is 2.65 bits per heavy atom. The summed E-state index contributed by atoms with van der Waals surface area (Å²) in [6, 6.07) is 6.25. The number of benzene rings is 1. The Hall–Kier alpha value is -1.31. The first kappa shape index (κ1) is 15.1. The quantitative estimate of drug-likeness (QED) is 0.801. The van der Waals surface area contributed by atoms with Crippen LogP contribution in [0.4, 0.5) is 5.69 Å². The number of carbonyl (C=O) groups excluding carboxylic acids is 1. The van der Waals surface area contributed by atoms with Gasteiger partial charge in [0.1, 0.15) is 0 Å². The summed E-state index contributed by atoms with van der Waals surface area (Å²) >= 11 is 0. The third kappa shape index (κ3) is 3.84. The summed E-state index contributed by atoms with van der Waals surface area (Å²) in [5.41, 5.74) is 3.42. The second kappa shape index (κ2) is 6.92. The van der Waals surface area contributed by atoms with Crippen molar-refractivity contribution >= 4 is 11.6 Å². The first-order valence-electron chi connectivity index (χ1n) is 7.97. The lowest BCUT2D eigenvalue weighted by atomic mass is 9.97. The Balaban J connectivity index is 1.96. The van der Waals surface area contributed by atoms with Crippen LogP contribution in [0.15, 0.2) is 18.2 Å². The highest BCUT2D eigenvalue weighted by Gasteiger charge is 2.17. The minimum atomic E-state index is 0.174. The molecule has 0 atom stereocenters. The van der Waals surface area contributed by atoms with Crippen molar-refractivity contribution in [3.63, 3.8) is 0 Å². The summed E-state index contributed by atoms with van der Waals surface area (Å²) in [5, 5.41) is 3.15. The molecule has 110 valence electrons. The van der Waals surface area contributed by atoms with E-state index in [2.05, 4.69) is 44.3 Å². The van der Waals surface area contributed by atoms with Gasteiger partial charge in [0.2, 0.25) is 5.91 Å². The van der Waals surface area contributed by atoms with Crippen molar-refractivity contribution in [2.75, 3.05) is 5.32 Å². The lowest BCUT2D eigenvalue weighted by Gasteiger charge is -2.17. The Morgan fingerprint density at radius 2 is 2.00 bits per heavy atom. The van der Waals surface area contributed by atoms with Crippen molar-refractivity contribution in [3.8, 4) is 0 Å². The third-order valence-electron chi connectivity index (χ3n) is 4.45. The Bertz CT molecular complexity index is 458. The molecular weight excluding hydrogens is 246 g/mol. The highest BCUT2D eigenvalue weighted by atomic mass is 16.1. The standard InChI is InChI=1S/C18H27NO/c1-13(2)16-10-6-7-14(3)18(16)19-17(20)12-11-15-8-4-5-9-15/h6-7,10,13,15H,4-5,8-9,11-12H2,1-3H3,(H,19,20). The zero-order chi connectivity index (χ0) is 14.5. The average Bonchev–Trinajstić information content (AvgIpc) is 2.91. The van der Waals surface area contributed by atoms with Gasteiger partial charge in [-0.2, -0.15) is 0 Å². The van der Waals surface area contributed by atoms with Crippen molar-refractivity contribution in [2.24, 2.45) is 5.92 Å². The molecule has 2 rings (SSSR count). The van der Waals surface area contributed by atoms with Gasteiger partial charge in [0.05, 0.1) is 0 Å². The molecule has 0 bridgehead atoms. The van der Waals surface area contributed by atoms with Crippen LogP contribution in [0.25, 0.3) is 0 Å². The van der Waals surface area contributed by atoms with E-state index in [-0.39, 0.29) is 5.91 Å². The monoisotopic (exact) mass is 273 g/mol. The van der Waals surface area contributed by atoms with Crippen LogP contribution < -0.4 is 5.32 Å². The molecule has 0 radical (unpaired) electrons. The summed E-state index contributed by atoms with van der Waals surface area (Å²) in [5.74, 6) is 1.38.